The lowest BCUT2D eigenvalue weighted by Crippen LogP contribution is -2.83. The standard InChI is InChI=1S/C23H33N2O2/c1-4-10-25-17-11-14(13(5-2)22(25)27)19-18(25)12-23(21(19)26)15-8-6-7-9-16(15)24(3)20(17)23/h6-9,13-14,17-22,26-27H,4-5,10-12H2,1-3H3/q+1/t13-,14-,17-,18-,19-,20-,21+,22-,23+,25?/m0/s1. The van der Waals surface area contributed by atoms with Gasteiger partial charge in [-0.3, -0.25) is 4.48 Å². The van der Waals surface area contributed by atoms with Crippen LogP contribution in [0.5, 0.6) is 0 Å². The van der Waals surface area contributed by atoms with Crippen molar-refractivity contribution in [3.05, 3.63) is 29.8 Å². The third-order valence-electron chi connectivity index (χ3n) is 9.73. The normalized spacial score (nSPS) is 53.7. The molecule has 146 valence electrons. The number of piperidine rings is 4. The molecule has 1 aromatic rings. The molecule has 5 fully saturated rings. The summed E-state index contributed by atoms with van der Waals surface area (Å²) in [6, 6.07) is 9.97. The van der Waals surface area contributed by atoms with Crippen molar-refractivity contribution in [3.63, 3.8) is 0 Å². The molecule has 0 radical (unpaired) electrons. The van der Waals surface area contributed by atoms with Gasteiger partial charge in [-0.05, 0) is 30.4 Å². The van der Waals surface area contributed by atoms with Crippen LogP contribution in [0, 0.1) is 17.8 Å². The number of likely N-dealkylation sites (N-methyl/N-ethyl adjacent to an activating group) is 1. The van der Waals surface area contributed by atoms with Gasteiger partial charge in [-0.25, -0.2) is 0 Å². The summed E-state index contributed by atoms with van der Waals surface area (Å²) in [5, 5.41) is 23.6. The fourth-order valence-electron chi connectivity index (χ4n) is 9.23. The Morgan fingerprint density at radius 2 is 1.96 bits per heavy atom. The van der Waals surface area contributed by atoms with Gasteiger partial charge in [-0.15, -0.1) is 0 Å². The van der Waals surface area contributed by atoms with E-state index in [4.69, 9.17) is 0 Å². The van der Waals surface area contributed by atoms with Crippen LogP contribution < -0.4 is 4.90 Å². The average molecular weight is 370 g/mol. The Hall–Kier alpha value is -1.10. The zero-order valence-electron chi connectivity index (χ0n) is 16.8. The van der Waals surface area contributed by atoms with Crippen molar-refractivity contribution >= 4 is 5.69 Å². The number of quaternary nitrogens is 1. The molecule has 1 spiro atoms. The summed E-state index contributed by atoms with van der Waals surface area (Å²) in [7, 11) is 2.23. The third-order valence-corrected chi connectivity index (χ3v) is 9.73. The predicted octanol–water partition coefficient (Wildman–Crippen LogP) is 2.48. The van der Waals surface area contributed by atoms with Crippen LogP contribution in [0.2, 0.25) is 0 Å². The van der Waals surface area contributed by atoms with Gasteiger partial charge in [0.1, 0.15) is 6.04 Å². The number of aliphatic hydroxyl groups excluding tert-OH is 2. The minimum absolute atomic E-state index is 0.127. The lowest BCUT2D eigenvalue weighted by atomic mass is 9.60. The monoisotopic (exact) mass is 369 g/mol. The van der Waals surface area contributed by atoms with E-state index >= 15 is 0 Å². The van der Waals surface area contributed by atoms with Crippen LogP contribution in [-0.2, 0) is 5.41 Å². The average Bonchev–Trinajstić information content (AvgIpc) is 3.06. The molecule has 4 nitrogen and oxygen atoms in total. The van der Waals surface area contributed by atoms with Crippen LogP contribution in [-0.4, -0.2) is 58.7 Å². The van der Waals surface area contributed by atoms with Crippen molar-refractivity contribution in [1.29, 1.82) is 0 Å². The first kappa shape index (κ1) is 16.8. The minimum Gasteiger partial charge on any atom is -0.392 e. The van der Waals surface area contributed by atoms with Crippen LogP contribution in [0.3, 0.4) is 0 Å². The molecule has 1 unspecified atom stereocenters. The van der Waals surface area contributed by atoms with E-state index in [2.05, 4.69) is 50.1 Å². The maximum absolute atomic E-state index is 11.9. The summed E-state index contributed by atoms with van der Waals surface area (Å²) >= 11 is 0. The second kappa shape index (κ2) is 5.08. The molecule has 5 bridgehead atoms. The second-order valence-electron chi connectivity index (χ2n) is 10.1. The second-order valence-corrected chi connectivity index (χ2v) is 10.1. The van der Waals surface area contributed by atoms with Crippen molar-refractivity contribution in [2.75, 3.05) is 18.5 Å². The number of fused-ring (bicyclic) bond motifs is 2. The minimum atomic E-state index is -0.271. The highest BCUT2D eigenvalue weighted by Gasteiger charge is 2.82. The van der Waals surface area contributed by atoms with Gasteiger partial charge >= 0.3 is 0 Å². The highest BCUT2D eigenvalue weighted by atomic mass is 16.3. The topological polar surface area (TPSA) is 43.7 Å². The van der Waals surface area contributed by atoms with Crippen molar-refractivity contribution in [3.8, 4) is 0 Å². The van der Waals surface area contributed by atoms with Crippen molar-refractivity contribution in [1.82, 2.24) is 0 Å². The van der Waals surface area contributed by atoms with Gasteiger partial charge in [-0.1, -0.05) is 32.0 Å². The zero-order chi connectivity index (χ0) is 18.7. The molecule has 27 heavy (non-hydrogen) atoms. The number of hydrogen-bond acceptors (Lipinski definition) is 3. The first-order valence-electron chi connectivity index (χ1n) is 11.1. The molecule has 1 saturated carbocycles. The predicted molar refractivity (Wildman–Crippen MR) is 105 cm³/mol. The van der Waals surface area contributed by atoms with E-state index in [9.17, 15) is 10.2 Å². The van der Waals surface area contributed by atoms with Gasteiger partial charge < -0.3 is 15.1 Å². The summed E-state index contributed by atoms with van der Waals surface area (Å²) in [6.07, 6.45) is 3.84. The van der Waals surface area contributed by atoms with E-state index in [0.29, 0.717) is 35.9 Å². The molecule has 1 aliphatic carbocycles. The number of anilines is 1. The third kappa shape index (κ3) is 1.51. The first-order valence-corrected chi connectivity index (χ1v) is 11.1. The molecule has 5 heterocycles. The highest BCUT2D eigenvalue weighted by Crippen LogP contribution is 2.71. The molecule has 7 rings (SSSR count). The maximum atomic E-state index is 11.9. The van der Waals surface area contributed by atoms with E-state index in [1.54, 1.807) is 0 Å². The van der Waals surface area contributed by atoms with Crippen LogP contribution in [0.4, 0.5) is 5.69 Å². The molecular weight excluding hydrogens is 336 g/mol. The lowest BCUT2D eigenvalue weighted by Gasteiger charge is -2.68. The van der Waals surface area contributed by atoms with Gasteiger partial charge in [0.2, 0.25) is 0 Å². The molecule has 0 amide bonds. The highest BCUT2D eigenvalue weighted by molar-refractivity contribution is 5.66. The first-order chi connectivity index (χ1) is 13.0. The van der Waals surface area contributed by atoms with Crippen molar-refractivity contribution in [2.45, 2.75) is 75.4 Å². The Kier molecular flexibility index (Phi) is 3.17. The van der Waals surface area contributed by atoms with E-state index in [-0.39, 0.29) is 17.7 Å². The summed E-state index contributed by atoms with van der Waals surface area (Å²) in [5.74, 6) is 1.18. The fourth-order valence-corrected chi connectivity index (χ4v) is 9.23. The molecular formula is C23H33N2O2+. The van der Waals surface area contributed by atoms with Crippen molar-refractivity contribution < 1.29 is 14.7 Å². The maximum Gasteiger partial charge on any atom is 0.194 e. The van der Waals surface area contributed by atoms with Crippen molar-refractivity contribution in [2.24, 2.45) is 17.8 Å². The number of aliphatic hydroxyl groups is 2. The summed E-state index contributed by atoms with van der Waals surface area (Å²) in [5.41, 5.74) is 2.56. The summed E-state index contributed by atoms with van der Waals surface area (Å²) < 4.78 is 0.873. The van der Waals surface area contributed by atoms with Gasteiger partial charge in [-0.2, -0.15) is 0 Å². The Balaban J connectivity index is 1.62. The quantitative estimate of drug-likeness (QED) is 0.805. The Morgan fingerprint density at radius 1 is 1.19 bits per heavy atom. The molecule has 6 aliphatic rings. The van der Waals surface area contributed by atoms with Crippen LogP contribution in [0.25, 0.3) is 0 Å². The molecule has 2 N–H and O–H groups in total. The number of hydrogen-bond donors (Lipinski definition) is 2. The Labute approximate surface area is 162 Å². The lowest BCUT2D eigenvalue weighted by molar-refractivity contribution is -1.04. The Morgan fingerprint density at radius 3 is 2.70 bits per heavy atom. The number of rotatable bonds is 3. The van der Waals surface area contributed by atoms with Gasteiger partial charge in [0.25, 0.3) is 0 Å². The van der Waals surface area contributed by atoms with Gasteiger partial charge in [0.05, 0.1) is 30.1 Å². The van der Waals surface area contributed by atoms with E-state index in [1.807, 2.05) is 0 Å². The van der Waals surface area contributed by atoms with E-state index in [1.165, 1.54) is 17.7 Å². The molecule has 10 atom stereocenters. The molecule has 4 heteroatoms. The summed E-state index contributed by atoms with van der Waals surface area (Å²) in [6.45, 7) is 5.56. The van der Waals surface area contributed by atoms with Gasteiger partial charge in [0.15, 0.2) is 6.23 Å². The Bertz CT molecular complexity index is 798. The molecule has 1 aromatic carbocycles. The number of benzene rings is 1. The van der Waals surface area contributed by atoms with Crippen LogP contribution in [0.1, 0.15) is 45.1 Å². The molecule has 4 saturated heterocycles. The molecule has 5 aliphatic heterocycles. The smallest absolute Gasteiger partial charge is 0.194 e. The number of nitrogens with zero attached hydrogens (tertiary/aromatic N) is 2. The van der Waals surface area contributed by atoms with E-state index in [0.717, 1.165) is 30.3 Å². The van der Waals surface area contributed by atoms with Crippen LogP contribution in [0.15, 0.2) is 24.3 Å². The van der Waals surface area contributed by atoms with E-state index < -0.39 is 0 Å². The van der Waals surface area contributed by atoms with Gasteiger partial charge in [0, 0.05) is 37.4 Å². The number of para-hydroxylation sites is 1. The largest absolute Gasteiger partial charge is 0.392 e. The molecule has 0 aromatic heterocycles. The SMILES string of the molecule is CCC[N+]12[C@@H](O)[C@@H](CC)[C@@H]3C[C@H]1[C@@H]1N(C)c4ccccc4[C@]14C[C@H]2[C@H]3[C@H]4O. The zero-order valence-corrected chi connectivity index (χ0v) is 16.8. The van der Waals surface area contributed by atoms with Crippen LogP contribution >= 0.6 is 0 Å². The fraction of sp³-hybridized carbons (Fsp3) is 0.739. The summed E-state index contributed by atoms with van der Waals surface area (Å²) in [4.78, 5) is 2.48.